The van der Waals surface area contributed by atoms with Gasteiger partial charge in [0.1, 0.15) is 11.9 Å². The minimum absolute atomic E-state index is 0.0705. The van der Waals surface area contributed by atoms with Gasteiger partial charge in [-0.15, -0.1) is 0 Å². The zero-order chi connectivity index (χ0) is 14.7. The summed E-state index contributed by atoms with van der Waals surface area (Å²) in [6.45, 7) is 2.43. The van der Waals surface area contributed by atoms with Gasteiger partial charge in [0.05, 0.1) is 11.1 Å². The first-order valence-corrected chi connectivity index (χ1v) is 6.88. The summed E-state index contributed by atoms with van der Waals surface area (Å²) in [5.74, 6) is -1.28. The monoisotopic (exact) mass is 342 g/mol. The zero-order valence-corrected chi connectivity index (χ0v) is 12.3. The van der Waals surface area contributed by atoms with Crippen molar-refractivity contribution in [2.45, 2.75) is 13.0 Å². The van der Waals surface area contributed by atoms with Crippen molar-refractivity contribution >= 4 is 15.9 Å². The normalized spacial score (nSPS) is 12.2. The maximum Gasteiger partial charge on any atom is 0.173 e. The quantitative estimate of drug-likeness (QED) is 0.843. The Hall–Kier alpha value is -1.46. The van der Waals surface area contributed by atoms with E-state index in [2.05, 4.69) is 15.9 Å². The van der Waals surface area contributed by atoms with Crippen LogP contribution < -0.4 is 4.74 Å². The smallest absolute Gasteiger partial charge is 0.173 e. The van der Waals surface area contributed by atoms with Gasteiger partial charge in [-0.25, -0.2) is 8.78 Å². The van der Waals surface area contributed by atoms with Crippen molar-refractivity contribution in [1.29, 1.82) is 0 Å². The number of ether oxygens (including phenoxy) is 1. The van der Waals surface area contributed by atoms with Gasteiger partial charge in [-0.1, -0.05) is 18.2 Å². The highest BCUT2D eigenvalue weighted by molar-refractivity contribution is 9.10. The van der Waals surface area contributed by atoms with Crippen molar-refractivity contribution in [3.63, 3.8) is 0 Å². The largest absolute Gasteiger partial charge is 0.494 e. The lowest BCUT2D eigenvalue weighted by Crippen LogP contribution is -2.03. The van der Waals surface area contributed by atoms with E-state index in [9.17, 15) is 13.9 Å². The molecule has 0 saturated heterocycles. The lowest BCUT2D eigenvalue weighted by molar-refractivity contribution is 0.218. The highest BCUT2D eigenvalue weighted by atomic mass is 79.9. The van der Waals surface area contributed by atoms with Gasteiger partial charge in [0.2, 0.25) is 0 Å². The summed E-state index contributed by atoms with van der Waals surface area (Å²) >= 11 is 2.97. The van der Waals surface area contributed by atoms with E-state index < -0.39 is 17.7 Å². The summed E-state index contributed by atoms with van der Waals surface area (Å²) in [6, 6.07) is 9.15. The Balaban J connectivity index is 2.31. The molecule has 0 saturated carbocycles. The standard InChI is InChI=1S/C15H13BrF2O2/c1-2-20-10-5-3-9(4-6-10)15(19)11-7-8-12(17)14(18)13(11)16/h3-8,15,19H,2H2,1H3. The van der Waals surface area contributed by atoms with E-state index in [1.807, 2.05) is 6.92 Å². The molecule has 0 bridgehead atoms. The molecule has 0 fully saturated rings. The fourth-order valence-corrected chi connectivity index (χ4v) is 2.38. The lowest BCUT2D eigenvalue weighted by Gasteiger charge is -2.14. The van der Waals surface area contributed by atoms with Gasteiger partial charge in [-0.2, -0.15) is 0 Å². The van der Waals surface area contributed by atoms with E-state index >= 15 is 0 Å². The molecule has 2 nitrogen and oxygen atoms in total. The van der Waals surface area contributed by atoms with Crippen LogP contribution in [-0.2, 0) is 0 Å². The van der Waals surface area contributed by atoms with Crippen LogP contribution in [0.4, 0.5) is 8.78 Å². The topological polar surface area (TPSA) is 29.5 Å². The molecular formula is C15H13BrF2O2. The Labute approximate surface area is 124 Å². The van der Waals surface area contributed by atoms with Gasteiger partial charge in [-0.3, -0.25) is 0 Å². The predicted octanol–water partition coefficient (Wildman–Crippen LogP) is 4.21. The number of hydrogen-bond donors (Lipinski definition) is 1. The van der Waals surface area contributed by atoms with Crippen molar-refractivity contribution in [2.24, 2.45) is 0 Å². The van der Waals surface area contributed by atoms with Crippen LogP contribution >= 0.6 is 15.9 Å². The molecule has 2 aromatic rings. The average Bonchev–Trinajstić information content (AvgIpc) is 2.45. The Morgan fingerprint density at radius 1 is 1.15 bits per heavy atom. The van der Waals surface area contributed by atoms with Gasteiger partial charge in [0.15, 0.2) is 11.6 Å². The van der Waals surface area contributed by atoms with Gasteiger partial charge in [-0.05, 0) is 46.6 Å². The van der Waals surface area contributed by atoms with E-state index in [0.717, 1.165) is 6.07 Å². The van der Waals surface area contributed by atoms with Gasteiger partial charge in [0.25, 0.3) is 0 Å². The molecule has 1 atom stereocenters. The summed E-state index contributed by atoms with van der Waals surface area (Å²) in [4.78, 5) is 0. The third-order valence-electron chi connectivity index (χ3n) is 2.87. The number of benzene rings is 2. The first kappa shape index (κ1) is 14.9. The molecule has 0 aliphatic rings. The molecule has 1 N–H and O–H groups in total. The van der Waals surface area contributed by atoms with E-state index in [0.29, 0.717) is 17.9 Å². The first-order valence-electron chi connectivity index (χ1n) is 6.08. The predicted molar refractivity (Wildman–Crippen MR) is 75.7 cm³/mol. The SMILES string of the molecule is CCOc1ccc(C(O)c2ccc(F)c(F)c2Br)cc1. The second-order valence-electron chi connectivity index (χ2n) is 4.17. The lowest BCUT2D eigenvalue weighted by atomic mass is 10.0. The molecule has 106 valence electrons. The third-order valence-corrected chi connectivity index (χ3v) is 3.67. The summed E-state index contributed by atoms with van der Waals surface area (Å²) < 4.78 is 31.8. The molecule has 2 aromatic carbocycles. The van der Waals surface area contributed by atoms with Crippen LogP contribution in [-0.4, -0.2) is 11.7 Å². The summed E-state index contributed by atoms with van der Waals surface area (Å²) in [5.41, 5.74) is 0.841. The first-order chi connectivity index (χ1) is 9.54. The van der Waals surface area contributed by atoms with E-state index in [1.165, 1.54) is 6.07 Å². The molecule has 0 spiro atoms. The molecule has 5 heteroatoms. The van der Waals surface area contributed by atoms with Crippen LogP contribution in [0.1, 0.15) is 24.2 Å². The summed E-state index contributed by atoms with van der Waals surface area (Å²) in [5, 5.41) is 10.2. The van der Waals surface area contributed by atoms with Gasteiger partial charge >= 0.3 is 0 Å². The number of aliphatic hydroxyl groups is 1. The number of hydrogen-bond acceptors (Lipinski definition) is 2. The van der Waals surface area contributed by atoms with Crippen molar-refractivity contribution < 1.29 is 18.6 Å². The number of halogens is 3. The highest BCUT2D eigenvalue weighted by Crippen LogP contribution is 2.32. The molecule has 0 radical (unpaired) electrons. The van der Waals surface area contributed by atoms with Crippen molar-refractivity contribution in [3.05, 3.63) is 63.6 Å². The minimum atomic E-state index is -1.05. The van der Waals surface area contributed by atoms with E-state index in [4.69, 9.17) is 4.74 Å². The second-order valence-corrected chi connectivity index (χ2v) is 4.96. The van der Waals surface area contributed by atoms with Crippen LogP contribution in [0, 0.1) is 11.6 Å². The molecule has 0 amide bonds. The van der Waals surface area contributed by atoms with Crippen LogP contribution in [0.25, 0.3) is 0 Å². The zero-order valence-electron chi connectivity index (χ0n) is 10.7. The fourth-order valence-electron chi connectivity index (χ4n) is 1.84. The maximum absolute atomic E-state index is 13.5. The summed E-state index contributed by atoms with van der Waals surface area (Å²) in [6.07, 6.45) is -1.05. The second kappa shape index (κ2) is 6.33. The van der Waals surface area contributed by atoms with Gasteiger partial charge in [0, 0.05) is 5.56 Å². The van der Waals surface area contributed by atoms with Crippen LogP contribution in [0.3, 0.4) is 0 Å². The molecule has 1 unspecified atom stereocenters. The molecule has 0 aliphatic carbocycles. The summed E-state index contributed by atoms with van der Waals surface area (Å²) in [7, 11) is 0. The minimum Gasteiger partial charge on any atom is -0.494 e. The average molecular weight is 343 g/mol. The number of rotatable bonds is 4. The van der Waals surface area contributed by atoms with Gasteiger partial charge < -0.3 is 9.84 Å². The van der Waals surface area contributed by atoms with Crippen LogP contribution in [0.2, 0.25) is 0 Å². The maximum atomic E-state index is 13.5. The van der Waals surface area contributed by atoms with Crippen LogP contribution in [0.5, 0.6) is 5.75 Å². The van der Waals surface area contributed by atoms with Crippen molar-refractivity contribution in [1.82, 2.24) is 0 Å². The molecular weight excluding hydrogens is 330 g/mol. The molecule has 2 rings (SSSR count). The van der Waals surface area contributed by atoms with Crippen molar-refractivity contribution in [3.8, 4) is 5.75 Å². The van der Waals surface area contributed by atoms with Crippen LogP contribution in [0.15, 0.2) is 40.9 Å². The molecule has 20 heavy (non-hydrogen) atoms. The molecule has 0 aromatic heterocycles. The van der Waals surface area contributed by atoms with E-state index in [1.54, 1.807) is 24.3 Å². The number of aliphatic hydroxyl groups excluding tert-OH is 1. The fraction of sp³-hybridized carbons (Fsp3) is 0.200. The Morgan fingerprint density at radius 2 is 1.80 bits per heavy atom. The van der Waals surface area contributed by atoms with Crippen molar-refractivity contribution in [2.75, 3.05) is 6.61 Å². The third kappa shape index (κ3) is 2.99. The molecule has 0 aliphatic heterocycles. The Morgan fingerprint density at radius 3 is 2.40 bits per heavy atom. The Bertz CT molecular complexity index is 600. The van der Waals surface area contributed by atoms with E-state index in [-0.39, 0.29) is 10.0 Å². The highest BCUT2D eigenvalue weighted by Gasteiger charge is 2.18. The Kier molecular flexibility index (Phi) is 4.73. The molecule has 0 heterocycles.